The Morgan fingerprint density at radius 3 is 2.22 bits per heavy atom. The summed E-state index contributed by atoms with van der Waals surface area (Å²) in [5.41, 5.74) is -0.504. The molecule has 4 nitrogen and oxygen atoms in total. The van der Waals surface area contributed by atoms with Gasteiger partial charge in [0.2, 0.25) is 5.43 Å². The van der Waals surface area contributed by atoms with Crippen LogP contribution >= 0.6 is 0 Å². The summed E-state index contributed by atoms with van der Waals surface area (Å²) in [6, 6.07) is 10.5. The molecule has 0 amide bonds. The minimum absolute atomic E-state index is 0.0319. The average molecular weight is 244 g/mol. The van der Waals surface area contributed by atoms with E-state index in [9.17, 15) is 9.59 Å². The highest BCUT2D eigenvalue weighted by molar-refractivity contribution is 5.94. The van der Waals surface area contributed by atoms with Crippen LogP contribution in [0.4, 0.5) is 0 Å². The molecular weight excluding hydrogens is 232 g/mol. The van der Waals surface area contributed by atoms with E-state index in [4.69, 9.17) is 4.74 Å². The van der Waals surface area contributed by atoms with Crippen LogP contribution in [0.5, 0.6) is 5.75 Å². The van der Waals surface area contributed by atoms with Crippen LogP contribution in [0.1, 0.15) is 10.4 Å². The average Bonchev–Trinajstić information content (AvgIpc) is 2.55. The van der Waals surface area contributed by atoms with Gasteiger partial charge in [-0.2, -0.15) is 0 Å². The predicted molar refractivity (Wildman–Crippen MR) is 68.1 cm³/mol. The number of rotatable bonds is 2. The van der Waals surface area contributed by atoms with Gasteiger partial charge in [0.1, 0.15) is 5.56 Å². The van der Waals surface area contributed by atoms with Gasteiger partial charge >= 0.3 is 5.97 Å². The van der Waals surface area contributed by atoms with Crippen LogP contribution in [-0.4, -0.2) is 20.2 Å². The van der Waals surface area contributed by atoms with Gasteiger partial charge in [0.25, 0.3) is 0 Å². The maximum atomic E-state index is 12.1. The highest BCUT2D eigenvalue weighted by Crippen LogP contribution is 2.17. The first kappa shape index (κ1) is 12.1. The predicted octanol–water partition coefficient (Wildman–Crippen LogP) is 2.00. The van der Waals surface area contributed by atoms with Crippen molar-refractivity contribution < 1.29 is 14.3 Å². The molecule has 0 heterocycles. The number of hydrogen-bond acceptors (Lipinski definition) is 4. The molecule has 18 heavy (non-hydrogen) atoms. The van der Waals surface area contributed by atoms with E-state index in [1.54, 1.807) is 6.07 Å². The molecule has 2 aromatic rings. The molecule has 0 bridgehead atoms. The molecule has 0 fully saturated rings. The number of ether oxygens (including phenoxy) is 2. The number of benzene rings is 1. The van der Waals surface area contributed by atoms with Gasteiger partial charge in [-0.15, -0.1) is 0 Å². The summed E-state index contributed by atoms with van der Waals surface area (Å²) >= 11 is 0. The molecule has 2 aromatic carbocycles. The van der Waals surface area contributed by atoms with Crippen molar-refractivity contribution in [1.82, 2.24) is 0 Å². The summed E-state index contributed by atoms with van der Waals surface area (Å²) in [7, 11) is 2.63. The maximum Gasteiger partial charge on any atom is 0.342 e. The first-order valence-corrected chi connectivity index (χ1v) is 5.37. The van der Waals surface area contributed by atoms with Crippen molar-refractivity contribution in [2.75, 3.05) is 14.2 Å². The molecule has 0 aliphatic carbocycles. The van der Waals surface area contributed by atoms with Crippen LogP contribution < -0.4 is 10.2 Å². The third-order valence-corrected chi connectivity index (χ3v) is 2.68. The summed E-state index contributed by atoms with van der Waals surface area (Å²) in [5, 5.41) is 1.60. The largest absolute Gasteiger partial charge is 0.493 e. The highest BCUT2D eigenvalue weighted by atomic mass is 16.5. The van der Waals surface area contributed by atoms with Crippen LogP contribution in [0.25, 0.3) is 10.8 Å². The lowest BCUT2D eigenvalue weighted by Crippen LogP contribution is -2.15. The Morgan fingerprint density at radius 2 is 1.67 bits per heavy atom. The van der Waals surface area contributed by atoms with E-state index >= 15 is 0 Å². The Hall–Kier alpha value is -2.36. The van der Waals surface area contributed by atoms with E-state index in [0.29, 0.717) is 0 Å². The smallest absolute Gasteiger partial charge is 0.342 e. The second kappa shape index (κ2) is 4.87. The Bertz CT molecular complexity index is 661. The van der Waals surface area contributed by atoms with Crippen LogP contribution in [0.3, 0.4) is 0 Å². The third-order valence-electron chi connectivity index (χ3n) is 2.68. The fourth-order valence-electron chi connectivity index (χ4n) is 1.75. The van der Waals surface area contributed by atoms with E-state index in [-0.39, 0.29) is 11.3 Å². The molecule has 0 N–H and O–H groups in total. The Morgan fingerprint density at radius 1 is 1.06 bits per heavy atom. The van der Waals surface area contributed by atoms with Crippen LogP contribution in [-0.2, 0) is 4.74 Å². The molecule has 0 unspecified atom stereocenters. The van der Waals surface area contributed by atoms with Crippen LogP contribution in [0, 0.1) is 0 Å². The van der Waals surface area contributed by atoms with Gasteiger partial charge in [-0.3, -0.25) is 4.79 Å². The molecule has 0 aromatic heterocycles. The van der Waals surface area contributed by atoms with Gasteiger partial charge in [-0.25, -0.2) is 4.79 Å². The number of fused-ring (bicyclic) bond motifs is 1. The summed E-state index contributed by atoms with van der Waals surface area (Å²) in [6.07, 6.45) is 0. The Labute approximate surface area is 104 Å². The minimum Gasteiger partial charge on any atom is -0.493 e. The molecule has 92 valence electrons. The van der Waals surface area contributed by atoms with Crippen molar-refractivity contribution >= 4 is 16.7 Å². The van der Waals surface area contributed by atoms with E-state index < -0.39 is 11.4 Å². The molecule has 0 aliphatic heterocycles. The zero-order valence-corrected chi connectivity index (χ0v) is 10.1. The molecule has 0 saturated carbocycles. The summed E-state index contributed by atoms with van der Waals surface area (Å²) in [6.45, 7) is 0. The van der Waals surface area contributed by atoms with E-state index in [1.165, 1.54) is 20.3 Å². The summed E-state index contributed by atoms with van der Waals surface area (Å²) < 4.78 is 9.64. The molecule has 0 aliphatic rings. The fraction of sp³-hybridized carbons (Fsp3) is 0.143. The lowest BCUT2D eigenvalue weighted by Gasteiger charge is -1.96. The van der Waals surface area contributed by atoms with E-state index in [2.05, 4.69) is 4.74 Å². The first-order valence-electron chi connectivity index (χ1n) is 5.37. The minimum atomic E-state index is -0.667. The topological polar surface area (TPSA) is 52.6 Å². The van der Waals surface area contributed by atoms with Gasteiger partial charge in [0.15, 0.2) is 5.75 Å². The van der Waals surface area contributed by atoms with Gasteiger partial charge < -0.3 is 9.47 Å². The quantitative estimate of drug-likeness (QED) is 0.758. The Balaban J connectivity index is 2.90. The lowest BCUT2D eigenvalue weighted by molar-refractivity contribution is 0.0599. The van der Waals surface area contributed by atoms with Crippen molar-refractivity contribution in [2.45, 2.75) is 0 Å². The second-order valence-electron chi connectivity index (χ2n) is 3.72. The lowest BCUT2D eigenvalue weighted by atomic mass is 10.2. The molecular formula is C14H12O4. The van der Waals surface area contributed by atoms with Crippen molar-refractivity contribution in [3.8, 4) is 5.75 Å². The number of carbonyl (C=O) groups is 1. The summed E-state index contributed by atoms with van der Waals surface area (Å²) in [5.74, 6) is -0.545. The third kappa shape index (κ3) is 2.05. The Kier molecular flexibility index (Phi) is 3.28. The molecule has 2 rings (SSSR count). The molecule has 0 radical (unpaired) electrons. The van der Waals surface area contributed by atoms with E-state index in [0.717, 1.165) is 10.8 Å². The van der Waals surface area contributed by atoms with Crippen molar-refractivity contribution in [3.05, 3.63) is 52.2 Å². The van der Waals surface area contributed by atoms with E-state index in [1.807, 2.05) is 24.3 Å². The highest BCUT2D eigenvalue weighted by Gasteiger charge is 2.13. The number of methoxy groups -OCH3 is 2. The van der Waals surface area contributed by atoms with Crippen LogP contribution in [0.2, 0.25) is 0 Å². The maximum absolute atomic E-state index is 12.1. The number of esters is 1. The van der Waals surface area contributed by atoms with Gasteiger partial charge in [-0.05, 0) is 22.9 Å². The molecule has 4 heteroatoms. The monoisotopic (exact) mass is 244 g/mol. The van der Waals surface area contributed by atoms with Crippen LogP contribution in [0.15, 0.2) is 41.2 Å². The standard InChI is InChI=1S/C14H12O4/c1-17-12-8-10-6-4-3-5-9(10)7-11(13(12)15)14(16)18-2/h3-8H,1-2H3. The van der Waals surface area contributed by atoms with Gasteiger partial charge in [-0.1, -0.05) is 24.3 Å². The molecule has 0 saturated heterocycles. The van der Waals surface area contributed by atoms with Crippen molar-refractivity contribution in [1.29, 1.82) is 0 Å². The fourth-order valence-corrected chi connectivity index (χ4v) is 1.75. The number of carbonyl (C=O) groups excluding carboxylic acids is 1. The first-order chi connectivity index (χ1) is 8.67. The normalized spacial score (nSPS) is 10.1. The van der Waals surface area contributed by atoms with Crippen molar-refractivity contribution in [2.24, 2.45) is 0 Å². The second-order valence-corrected chi connectivity index (χ2v) is 3.72. The molecule has 0 atom stereocenters. The van der Waals surface area contributed by atoms with Gasteiger partial charge in [0.05, 0.1) is 14.2 Å². The van der Waals surface area contributed by atoms with Gasteiger partial charge in [0, 0.05) is 0 Å². The zero-order valence-electron chi connectivity index (χ0n) is 10.1. The zero-order chi connectivity index (χ0) is 13.1. The molecule has 0 spiro atoms. The summed E-state index contributed by atoms with van der Waals surface area (Å²) in [4.78, 5) is 23.7. The number of hydrogen-bond donors (Lipinski definition) is 0. The SMILES string of the molecule is COC(=O)c1cc2ccccc2cc(OC)c1=O. The van der Waals surface area contributed by atoms with Crippen molar-refractivity contribution in [3.63, 3.8) is 0 Å².